The Kier molecular flexibility index (Phi) is 7.62. The van der Waals surface area contributed by atoms with Crippen molar-refractivity contribution in [2.45, 2.75) is 19.8 Å². The molecule has 15 heavy (non-hydrogen) atoms. The predicted octanol–water partition coefficient (Wildman–Crippen LogP) is 0.765. The van der Waals surface area contributed by atoms with Gasteiger partial charge in [-0.25, -0.2) is 0 Å². The Hall–Kier alpha value is -1.10. The number of ether oxygens (including phenoxy) is 3. The van der Waals surface area contributed by atoms with Crippen molar-refractivity contribution in [3.05, 3.63) is 0 Å². The zero-order valence-electron chi connectivity index (χ0n) is 9.45. The minimum Gasteiger partial charge on any atom is -0.468 e. The standard InChI is InChI=1S/C10H18O5/c1-4-15-7-5-6-8(9(11)13-2)10(12)14-3/h8H,4-7H2,1-3H3. The highest BCUT2D eigenvalue weighted by Gasteiger charge is 2.27. The van der Waals surface area contributed by atoms with Crippen LogP contribution in [0.5, 0.6) is 0 Å². The molecule has 0 unspecified atom stereocenters. The molecule has 0 rings (SSSR count). The summed E-state index contributed by atoms with van der Waals surface area (Å²) in [6.45, 7) is 3.04. The number of hydrogen-bond acceptors (Lipinski definition) is 5. The Morgan fingerprint density at radius 1 is 1.13 bits per heavy atom. The fourth-order valence-electron chi connectivity index (χ4n) is 1.15. The van der Waals surface area contributed by atoms with E-state index in [9.17, 15) is 9.59 Å². The van der Waals surface area contributed by atoms with E-state index in [2.05, 4.69) is 9.47 Å². The maximum atomic E-state index is 11.2. The topological polar surface area (TPSA) is 61.8 Å². The van der Waals surface area contributed by atoms with E-state index in [1.165, 1.54) is 14.2 Å². The molecule has 0 saturated carbocycles. The summed E-state index contributed by atoms with van der Waals surface area (Å²) in [6, 6.07) is 0. The molecule has 0 heterocycles. The van der Waals surface area contributed by atoms with Gasteiger partial charge in [0, 0.05) is 13.2 Å². The SMILES string of the molecule is CCOCCCC(C(=O)OC)C(=O)OC. The molecular formula is C10H18O5. The van der Waals surface area contributed by atoms with Crippen molar-refractivity contribution in [3.63, 3.8) is 0 Å². The second-order valence-electron chi connectivity index (χ2n) is 2.94. The maximum absolute atomic E-state index is 11.2. The lowest BCUT2D eigenvalue weighted by molar-refractivity contribution is -0.159. The van der Waals surface area contributed by atoms with Gasteiger partial charge in [0.2, 0.25) is 0 Å². The molecule has 0 aliphatic rings. The third-order valence-electron chi connectivity index (χ3n) is 1.96. The predicted molar refractivity (Wildman–Crippen MR) is 53.2 cm³/mol. The van der Waals surface area contributed by atoms with Crippen LogP contribution in [-0.2, 0) is 23.8 Å². The van der Waals surface area contributed by atoms with Crippen LogP contribution in [-0.4, -0.2) is 39.4 Å². The summed E-state index contributed by atoms with van der Waals surface area (Å²) in [5.41, 5.74) is 0. The van der Waals surface area contributed by atoms with E-state index in [0.29, 0.717) is 26.1 Å². The molecule has 5 heteroatoms. The zero-order valence-corrected chi connectivity index (χ0v) is 9.45. The molecule has 0 bridgehead atoms. The second kappa shape index (κ2) is 8.23. The van der Waals surface area contributed by atoms with Crippen molar-refractivity contribution in [1.82, 2.24) is 0 Å². The lowest BCUT2D eigenvalue weighted by Gasteiger charge is -2.11. The average Bonchev–Trinajstić information content (AvgIpc) is 2.27. The van der Waals surface area contributed by atoms with Crippen LogP contribution in [0, 0.1) is 5.92 Å². The summed E-state index contributed by atoms with van der Waals surface area (Å²) in [4.78, 5) is 22.4. The third kappa shape index (κ3) is 5.37. The molecule has 0 aromatic rings. The Labute approximate surface area is 89.7 Å². The molecule has 0 radical (unpaired) electrons. The van der Waals surface area contributed by atoms with E-state index in [1.54, 1.807) is 0 Å². The Morgan fingerprint density at radius 3 is 2.07 bits per heavy atom. The van der Waals surface area contributed by atoms with Crippen LogP contribution < -0.4 is 0 Å². The first kappa shape index (κ1) is 13.9. The van der Waals surface area contributed by atoms with Gasteiger partial charge in [-0.1, -0.05) is 0 Å². The minimum absolute atomic E-state index is 0.388. The number of carbonyl (C=O) groups is 2. The highest BCUT2D eigenvalue weighted by Crippen LogP contribution is 2.10. The van der Waals surface area contributed by atoms with Gasteiger partial charge < -0.3 is 14.2 Å². The van der Waals surface area contributed by atoms with Crippen molar-refractivity contribution in [3.8, 4) is 0 Å². The van der Waals surface area contributed by atoms with Gasteiger partial charge in [-0.15, -0.1) is 0 Å². The molecular weight excluding hydrogens is 200 g/mol. The quantitative estimate of drug-likeness (QED) is 0.359. The Balaban J connectivity index is 4.02. The summed E-state index contributed by atoms with van der Waals surface area (Å²) < 4.78 is 14.1. The van der Waals surface area contributed by atoms with Crippen molar-refractivity contribution in [2.24, 2.45) is 5.92 Å². The van der Waals surface area contributed by atoms with Crippen molar-refractivity contribution < 1.29 is 23.8 Å². The number of carbonyl (C=O) groups excluding carboxylic acids is 2. The number of rotatable bonds is 7. The number of hydrogen-bond donors (Lipinski definition) is 0. The fourth-order valence-corrected chi connectivity index (χ4v) is 1.15. The van der Waals surface area contributed by atoms with Crippen LogP contribution in [0.2, 0.25) is 0 Å². The van der Waals surface area contributed by atoms with Gasteiger partial charge in [0.15, 0.2) is 5.92 Å². The van der Waals surface area contributed by atoms with Gasteiger partial charge in [0.05, 0.1) is 14.2 Å². The Bertz CT molecular complexity index is 186. The maximum Gasteiger partial charge on any atom is 0.320 e. The second-order valence-corrected chi connectivity index (χ2v) is 2.94. The fraction of sp³-hybridized carbons (Fsp3) is 0.800. The van der Waals surface area contributed by atoms with Crippen LogP contribution in [0.1, 0.15) is 19.8 Å². The van der Waals surface area contributed by atoms with Gasteiger partial charge in [0.25, 0.3) is 0 Å². The van der Waals surface area contributed by atoms with E-state index in [-0.39, 0.29) is 0 Å². The van der Waals surface area contributed by atoms with Gasteiger partial charge in [-0.05, 0) is 19.8 Å². The van der Waals surface area contributed by atoms with E-state index < -0.39 is 17.9 Å². The minimum atomic E-state index is -0.833. The van der Waals surface area contributed by atoms with Crippen LogP contribution in [0.4, 0.5) is 0 Å². The van der Waals surface area contributed by atoms with Crippen LogP contribution in [0.3, 0.4) is 0 Å². The van der Waals surface area contributed by atoms with Crippen molar-refractivity contribution >= 4 is 11.9 Å². The highest BCUT2D eigenvalue weighted by atomic mass is 16.5. The molecule has 0 aliphatic heterocycles. The van der Waals surface area contributed by atoms with Gasteiger partial charge in [0.1, 0.15) is 0 Å². The average molecular weight is 218 g/mol. The van der Waals surface area contributed by atoms with Crippen LogP contribution in [0.15, 0.2) is 0 Å². The van der Waals surface area contributed by atoms with E-state index in [1.807, 2.05) is 6.92 Å². The zero-order chi connectivity index (χ0) is 11.7. The van der Waals surface area contributed by atoms with Crippen LogP contribution in [0.25, 0.3) is 0 Å². The number of esters is 2. The summed E-state index contributed by atoms with van der Waals surface area (Å²) in [6.07, 6.45) is 1.02. The first-order chi connectivity index (χ1) is 7.17. The lowest BCUT2D eigenvalue weighted by Crippen LogP contribution is -2.26. The van der Waals surface area contributed by atoms with E-state index in [0.717, 1.165) is 0 Å². The summed E-state index contributed by atoms with van der Waals surface area (Å²) in [5, 5.41) is 0. The van der Waals surface area contributed by atoms with E-state index in [4.69, 9.17) is 4.74 Å². The third-order valence-corrected chi connectivity index (χ3v) is 1.96. The molecule has 88 valence electrons. The molecule has 0 aromatic carbocycles. The van der Waals surface area contributed by atoms with Gasteiger partial charge >= 0.3 is 11.9 Å². The molecule has 0 aliphatic carbocycles. The van der Waals surface area contributed by atoms with Gasteiger partial charge in [-0.2, -0.15) is 0 Å². The van der Waals surface area contributed by atoms with E-state index >= 15 is 0 Å². The highest BCUT2D eigenvalue weighted by molar-refractivity contribution is 5.94. The summed E-state index contributed by atoms with van der Waals surface area (Å²) >= 11 is 0. The number of methoxy groups -OCH3 is 2. The molecule has 0 N–H and O–H groups in total. The Morgan fingerprint density at radius 2 is 1.67 bits per heavy atom. The molecule has 0 fully saturated rings. The van der Waals surface area contributed by atoms with Crippen molar-refractivity contribution in [2.75, 3.05) is 27.4 Å². The smallest absolute Gasteiger partial charge is 0.320 e. The van der Waals surface area contributed by atoms with Crippen LogP contribution >= 0.6 is 0 Å². The molecule has 0 amide bonds. The molecule has 0 aromatic heterocycles. The van der Waals surface area contributed by atoms with Gasteiger partial charge in [-0.3, -0.25) is 9.59 Å². The first-order valence-electron chi connectivity index (χ1n) is 4.90. The normalized spacial score (nSPS) is 10.1. The monoisotopic (exact) mass is 218 g/mol. The summed E-state index contributed by atoms with van der Waals surface area (Å²) in [5.74, 6) is -1.95. The molecule has 0 spiro atoms. The summed E-state index contributed by atoms with van der Waals surface area (Å²) in [7, 11) is 2.50. The molecule has 0 saturated heterocycles. The molecule has 0 atom stereocenters. The largest absolute Gasteiger partial charge is 0.468 e. The van der Waals surface area contributed by atoms with Crippen molar-refractivity contribution in [1.29, 1.82) is 0 Å². The lowest BCUT2D eigenvalue weighted by atomic mass is 10.0. The molecule has 5 nitrogen and oxygen atoms in total. The first-order valence-corrected chi connectivity index (χ1v) is 4.90.